The van der Waals surface area contributed by atoms with Gasteiger partial charge >= 0.3 is 0 Å². The third kappa shape index (κ3) is 4.24. The Morgan fingerprint density at radius 2 is 1.90 bits per heavy atom. The number of nitrogens with one attached hydrogen (secondary N) is 1. The maximum Gasteiger partial charge on any atom is 0.126 e. The molecule has 1 atom stereocenters. The van der Waals surface area contributed by atoms with Gasteiger partial charge in [-0.25, -0.2) is 4.39 Å². The fraction of sp³-hybridized carbons (Fsp3) is 0.294. The fourth-order valence-electron chi connectivity index (χ4n) is 2.25. The number of anilines is 1. The van der Waals surface area contributed by atoms with E-state index >= 15 is 0 Å². The summed E-state index contributed by atoms with van der Waals surface area (Å²) in [6.45, 7) is 2.17. The second kappa shape index (κ2) is 7.30. The molecule has 3 heteroatoms. The molecule has 0 aromatic heterocycles. The monoisotopic (exact) mass is 291 g/mol. The van der Waals surface area contributed by atoms with E-state index in [4.69, 9.17) is 11.6 Å². The summed E-state index contributed by atoms with van der Waals surface area (Å²) in [5.74, 6) is -0.317. The Morgan fingerprint density at radius 3 is 2.55 bits per heavy atom. The van der Waals surface area contributed by atoms with Crippen LogP contribution in [-0.2, 0) is 0 Å². The van der Waals surface area contributed by atoms with Gasteiger partial charge < -0.3 is 5.32 Å². The first-order chi connectivity index (χ1) is 9.69. The van der Waals surface area contributed by atoms with Crippen LogP contribution in [0.2, 0.25) is 5.02 Å². The summed E-state index contributed by atoms with van der Waals surface area (Å²) in [6, 6.07) is 15.0. The summed E-state index contributed by atoms with van der Waals surface area (Å²) in [6.07, 6.45) is 3.26. The first kappa shape index (κ1) is 14.9. The summed E-state index contributed by atoms with van der Waals surface area (Å²) in [5.41, 5.74) is 1.93. The molecule has 106 valence electrons. The van der Waals surface area contributed by atoms with Crippen LogP contribution in [0.4, 0.5) is 10.1 Å². The third-order valence-corrected chi connectivity index (χ3v) is 3.47. The molecule has 0 spiro atoms. The highest BCUT2D eigenvalue weighted by Gasteiger charge is 2.11. The summed E-state index contributed by atoms with van der Waals surface area (Å²) in [4.78, 5) is 0. The van der Waals surface area contributed by atoms with Crippen LogP contribution in [0.5, 0.6) is 0 Å². The Bertz CT molecular complexity index is 522. The Morgan fingerprint density at radius 1 is 1.15 bits per heavy atom. The second-order valence-electron chi connectivity index (χ2n) is 4.91. The maximum absolute atomic E-state index is 13.4. The van der Waals surface area contributed by atoms with Crippen molar-refractivity contribution in [3.8, 4) is 0 Å². The Hall–Kier alpha value is -1.54. The van der Waals surface area contributed by atoms with Crippen LogP contribution < -0.4 is 5.32 Å². The molecule has 1 unspecified atom stereocenters. The van der Waals surface area contributed by atoms with Crippen LogP contribution in [0, 0.1) is 5.82 Å². The predicted octanol–water partition coefficient (Wildman–Crippen LogP) is 5.82. The fourth-order valence-corrected chi connectivity index (χ4v) is 2.48. The van der Waals surface area contributed by atoms with E-state index in [9.17, 15) is 4.39 Å². The lowest BCUT2D eigenvalue weighted by molar-refractivity contribution is 0.621. The topological polar surface area (TPSA) is 12.0 Å². The standard InChI is InChI=1S/C17H19ClFN/c1-2-3-9-17(13-7-5-4-6-8-13)20-16-11-14(18)10-15(19)12-16/h4-8,10-12,17,20H,2-3,9H2,1H3. The molecule has 0 fully saturated rings. The minimum atomic E-state index is -0.317. The van der Waals surface area contributed by atoms with Crippen molar-refractivity contribution < 1.29 is 4.39 Å². The zero-order valence-corrected chi connectivity index (χ0v) is 12.3. The van der Waals surface area contributed by atoms with E-state index in [1.165, 1.54) is 17.7 Å². The van der Waals surface area contributed by atoms with Crippen molar-refractivity contribution >= 4 is 17.3 Å². The molecule has 0 amide bonds. The third-order valence-electron chi connectivity index (χ3n) is 3.25. The van der Waals surface area contributed by atoms with E-state index in [0.717, 1.165) is 24.9 Å². The van der Waals surface area contributed by atoms with Crippen molar-refractivity contribution in [1.29, 1.82) is 0 Å². The molecule has 1 nitrogen and oxygen atoms in total. The number of rotatable bonds is 6. The molecule has 0 saturated carbocycles. The van der Waals surface area contributed by atoms with Gasteiger partial charge in [-0.2, -0.15) is 0 Å². The quantitative estimate of drug-likeness (QED) is 0.707. The van der Waals surface area contributed by atoms with Gasteiger partial charge in [0, 0.05) is 10.7 Å². The van der Waals surface area contributed by atoms with Gasteiger partial charge in [0.15, 0.2) is 0 Å². The van der Waals surface area contributed by atoms with Gasteiger partial charge in [0.25, 0.3) is 0 Å². The van der Waals surface area contributed by atoms with Gasteiger partial charge in [0.1, 0.15) is 5.82 Å². The highest BCUT2D eigenvalue weighted by atomic mass is 35.5. The molecule has 1 N–H and O–H groups in total. The summed E-state index contributed by atoms with van der Waals surface area (Å²) in [5, 5.41) is 3.80. The van der Waals surface area contributed by atoms with Gasteiger partial charge in [-0.3, -0.25) is 0 Å². The van der Waals surface area contributed by atoms with E-state index in [1.54, 1.807) is 6.07 Å². The van der Waals surface area contributed by atoms with Crippen molar-refractivity contribution in [2.75, 3.05) is 5.32 Å². The largest absolute Gasteiger partial charge is 0.378 e. The van der Waals surface area contributed by atoms with Crippen molar-refractivity contribution in [2.45, 2.75) is 32.2 Å². The average Bonchev–Trinajstić information content (AvgIpc) is 2.43. The SMILES string of the molecule is CCCCC(Nc1cc(F)cc(Cl)c1)c1ccccc1. The highest BCUT2D eigenvalue weighted by Crippen LogP contribution is 2.26. The van der Waals surface area contributed by atoms with E-state index < -0.39 is 0 Å². The van der Waals surface area contributed by atoms with Crippen LogP contribution in [-0.4, -0.2) is 0 Å². The zero-order valence-electron chi connectivity index (χ0n) is 11.6. The average molecular weight is 292 g/mol. The van der Waals surface area contributed by atoms with Gasteiger partial charge in [-0.05, 0) is 30.2 Å². The number of hydrogen-bond donors (Lipinski definition) is 1. The van der Waals surface area contributed by atoms with Crippen LogP contribution in [0.15, 0.2) is 48.5 Å². The van der Waals surface area contributed by atoms with Gasteiger partial charge in [-0.1, -0.05) is 61.7 Å². The molecule has 0 bridgehead atoms. The van der Waals surface area contributed by atoms with Crippen molar-refractivity contribution in [3.05, 3.63) is 64.9 Å². The zero-order chi connectivity index (χ0) is 14.4. The lowest BCUT2D eigenvalue weighted by Gasteiger charge is -2.20. The molecule has 0 radical (unpaired) electrons. The molecule has 20 heavy (non-hydrogen) atoms. The smallest absolute Gasteiger partial charge is 0.126 e. The highest BCUT2D eigenvalue weighted by molar-refractivity contribution is 6.30. The van der Waals surface area contributed by atoms with Crippen molar-refractivity contribution in [2.24, 2.45) is 0 Å². The van der Waals surface area contributed by atoms with Crippen LogP contribution in [0.1, 0.15) is 37.8 Å². The predicted molar refractivity (Wildman–Crippen MR) is 83.7 cm³/mol. The molecule has 0 heterocycles. The van der Waals surface area contributed by atoms with Gasteiger partial charge in [-0.15, -0.1) is 0 Å². The van der Waals surface area contributed by atoms with Crippen LogP contribution in [0.3, 0.4) is 0 Å². The van der Waals surface area contributed by atoms with Crippen molar-refractivity contribution in [1.82, 2.24) is 0 Å². The first-order valence-electron chi connectivity index (χ1n) is 6.96. The van der Waals surface area contributed by atoms with Gasteiger partial charge in [0.2, 0.25) is 0 Å². The van der Waals surface area contributed by atoms with E-state index in [1.807, 2.05) is 18.2 Å². The number of hydrogen-bond acceptors (Lipinski definition) is 1. The van der Waals surface area contributed by atoms with E-state index in [2.05, 4.69) is 24.4 Å². The normalized spacial score (nSPS) is 12.2. The molecule has 0 aliphatic rings. The van der Waals surface area contributed by atoms with Crippen LogP contribution in [0.25, 0.3) is 0 Å². The molecule has 0 saturated heterocycles. The van der Waals surface area contributed by atoms with Crippen molar-refractivity contribution in [3.63, 3.8) is 0 Å². The second-order valence-corrected chi connectivity index (χ2v) is 5.34. The molecule has 0 aliphatic carbocycles. The van der Waals surface area contributed by atoms with E-state index in [0.29, 0.717) is 5.02 Å². The minimum Gasteiger partial charge on any atom is -0.378 e. The maximum atomic E-state index is 13.4. The molecule has 2 rings (SSSR count). The van der Waals surface area contributed by atoms with Gasteiger partial charge in [0.05, 0.1) is 6.04 Å². The number of unbranched alkanes of at least 4 members (excludes halogenated alkanes) is 1. The first-order valence-corrected chi connectivity index (χ1v) is 7.34. The summed E-state index contributed by atoms with van der Waals surface area (Å²) < 4.78 is 13.4. The van der Waals surface area contributed by atoms with E-state index in [-0.39, 0.29) is 11.9 Å². The Balaban J connectivity index is 2.19. The number of halogens is 2. The lowest BCUT2D eigenvalue weighted by Crippen LogP contribution is -2.11. The molecular formula is C17H19ClFN. The molecule has 0 aliphatic heterocycles. The minimum absolute atomic E-state index is 0.175. The van der Waals surface area contributed by atoms with Crippen LogP contribution >= 0.6 is 11.6 Å². The Labute approximate surface area is 124 Å². The summed E-state index contributed by atoms with van der Waals surface area (Å²) in [7, 11) is 0. The number of benzene rings is 2. The molecular weight excluding hydrogens is 273 g/mol. The molecule has 2 aromatic rings. The molecule has 2 aromatic carbocycles. The summed E-state index contributed by atoms with van der Waals surface area (Å²) >= 11 is 5.90. The lowest BCUT2D eigenvalue weighted by atomic mass is 10.0. The Kier molecular flexibility index (Phi) is 5.42.